The molecule has 0 aliphatic rings. The van der Waals surface area contributed by atoms with Crippen LogP contribution in [-0.4, -0.2) is 8.42 Å². The molecule has 3 rings (SSSR count). The van der Waals surface area contributed by atoms with E-state index in [-0.39, 0.29) is 5.75 Å². The Bertz CT molecular complexity index is 1020. The van der Waals surface area contributed by atoms with Gasteiger partial charge in [-0.15, -0.1) is 0 Å². The summed E-state index contributed by atoms with van der Waals surface area (Å²) in [7, 11) is -3.60. The van der Waals surface area contributed by atoms with Crippen molar-refractivity contribution in [2.75, 3.05) is 0 Å². The maximum absolute atomic E-state index is 13.0. The van der Waals surface area contributed by atoms with Gasteiger partial charge in [0.1, 0.15) is 0 Å². The summed E-state index contributed by atoms with van der Waals surface area (Å²) >= 11 is 0. The zero-order chi connectivity index (χ0) is 20.1. The Morgan fingerprint density at radius 2 is 1.39 bits per heavy atom. The van der Waals surface area contributed by atoms with Crippen LogP contribution in [0.1, 0.15) is 39.9 Å². The Morgan fingerprint density at radius 3 is 2.00 bits per heavy atom. The highest BCUT2D eigenvalue weighted by Gasteiger charge is 2.27. The van der Waals surface area contributed by atoms with E-state index in [1.807, 2.05) is 92.7 Å². The van der Waals surface area contributed by atoms with Gasteiger partial charge in [-0.2, -0.15) is 0 Å². The highest BCUT2D eigenvalue weighted by atomic mass is 32.2. The number of hydrogen-bond acceptors (Lipinski definition) is 3. The number of aryl methyl sites for hydroxylation is 1. The van der Waals surface area contributed by atoms with Crippen molar-refractivity contribution in [3.05, 3.63) is 107 Å². The molecule has 0 saturated heterocycles. The van der Waals surface area contributed by atoms with Gasteiger partial charge in [-0.3, -0.25) is 0 Å². The molecule has 0 saturated carbocycles. The second-order valence-corrected chi connectivity index (χ2v) is 8.81. The second kappa shape index (κ2) is 8.69. The van der Waals surface area contributed by atoms with E-state index in [1.54, 1.807) is 0 Å². The van der Waals surface area contributed by atoms with E-state index in [4.69, 9.17) is 5.73 Å². The minimum absolute atomic E-state index is 0.0780. The highest BCUT2D eigenvalue weighted by molar-refractivity contribution is 7.88. The van der Waals surface area contributed by atoms with Crippen molar-refractivity contribution in [2.24, 2.45) is 5.73 Å². The van der Waals surface area contributed by atoms with Crippen molar-refractivity contribution in [1.82, 2.24) is 4.72 Å². The van der Waals surface area contributed by atoms with E-state index in [2.05, 4.69) is 4.72 Å². The van der Waals surface area contributed by atoms with Crippen LogP contribution in [0.25, 0.3) is 0 Å². The summed E-state index contributed by atoms with van der Waals surface area (Å²) in [6.45, 7) is 3.93. The number of nitrogens with one attached hydrogen (secondary N) is 1. The van der Waals surface area contributed by atoms with Crippen LogP contribution >= 0.6 is 0 Å². The van der Waals surface area contributed by atoms with E-state index in [0.717, 1.165) is 27.8 Å². The highest BCUT2D eigenvalue weighted by Crippen LogP contribution is 2.28. The van der Waals surface area contributed by atoms with Crippen molar-refractivity contribution >= 4 is 10.0 Å². The third kappa shape index (κ3) is 4.87. The Balaban J connectivity index is 1.91. The van der Waals surface area contributed by atoms with Crippen molar-refractivity contribution in [1.29, 1.82) is 0 Å². The average Bonchev–Trinajstić information content (AvgIpc) is 2.70. The fourth-order valence-corrected chi connectivity index (χ4v) is 4.76. The topological polar surface area (TPSA) is 72.2 Å². The molecule has 0 heterocycles. The van der Waals surface area contributed by atoms with Gasteiger partial charge in [-0.1, -0.05) is 78.9 Å². The van der Waals surface area contributed by atoms with Crippen LogP contribution in [0.5, 0.6) is 0 Å². The smallest absolute Gasteiger partial charge is 0.216 e. The van der Waals surface area contributed by atoms with Gasteiger partial charge in [0.2, 0.25) is 10.0 Å². The first-order valence-corrected chi connectivity index (χ1v) is 10.9. The van der Waals surface area contributed by atoms with Crippen LogP contribution in [0.3, 0.4) is 0 Å². The maximum Gasteiger partial charge on any atom is 0.216 e. The lowest BCUT2D eigenvalue weighted by molar-refractivity contribution is 0.503. The third-order valence-electron chi connectivity index (χ3n) is 5.07. The van der Waals surface area contributed by atoms with Crippen LogP contribution in [0, 0.1) is 13.8 Å². The second-order valence-electron chi connectivity index (χ2n) is 7.06. The quantitative estimate of drug-likeness (QED) is 0.632. The maximum atomic E-state index is 13.0. The normalized spacial score (nSPS) is 13.8. The number of nitrogens with two attached hydrogens (primary N) is 1. The van der Waals surface area contributed by atoms with Crippen molar-refractivity contribution in [2.45, 2.75) is 31.7 Å². The Labute approximate surface area is 167 Å². The van der Waals surface area contributed by atoms with Crippen LogP contribution in [-0.2, 0) is 15.8 Å². The zero-order valence-electron chi connectivity index (χ0n) is 16.2. The van der Waals surface area contributed by atoms with Crippen LogP contribution in [0.2, 0.25) is 0 Å². The lowest BCUT2D eigenvalue weighted by Crippen LogP contribution is -2.36. The van der Waals surface area contributed by atoms with Crippen LogP contribution < -0.4 is 10.5 Å². The molecule has 3 aromatic carbocycles. The Kier molecular flexibility index (Phi) is 6.29. The van der Waals surface area contributed by atoms with Crippen molar-refractivity contribution in [3.63, 3.8) is 0 Å². The van der Waals surface area contributed by atoms with E-state index in [1.165, 1.54) is 0 Å². The number of sulfonamides is 1. The van der Waals surface area contributed by atoms with Gasteiger partial charge in [0.15, 0.2) is 0 Å². The molecule has 3 aromatic rings. The van der Waals surface area contributed by atoms with Gasteiger partial charge in [0.05, 0.1) is 17.8 Å². The molecule has 3 N–H and O–H groups in total. The minimum Gasteiger partial charge on any atom is -0.322 e. The molecule has 28 heavy (non-hydrogen) atoms. The largest absolute Gasteiger partial charge is 0.322 e. The molecule has 146 valence electrons. The average molecular weight is 395 g/mol. The molecule has 0 radical (unpaired) electrons. The molecule has 2 unspecified atom stereocenters. The third-order valence-corrected chi connectivity index (χ3v) is 6.38. The first kappa shape index (κ1) is 20.3. The van der Waals surface area contributed by atoms with Gasteiger partial charge in [-0.25, -0.2) is 13.1 Å². The summed E-state index contributed by atoms with van der Waals surface area (Å²) in [4.78, 5) is 0. The molecule has 2 atom stereocenters. The van der Waals surface area contributed by atoms with E-state index in [9.17, 15) is 8.42 Å². The van der Waals surface area contributed by atoms with Crippen molar-refractivity contribution < 1.29 is 8.42 Å². The Hall–Kier alpha value is -2.47. The summed E-state index contributed by atoms with van der Waals surface area (Å²) in [6, 6.07) is 23.7. The lowest BCUT2D eigenvalue weighted by Gasteiger charge is -2.26. The Morgan fingerprint density at radius 1 is 0.821 bits per heavy atom. The fraction of sp³-hybridized carbons (Fsp3) is 0.217. The fourth-order valence-electron chi connectivity index (χ4n) is 3.28. The molecule has 0 aliphatic carbocycles. The summed E-state index contributed by atoms with van der Waals surface area (Å²) in [6.07, 6.45) is 0. The number of benzene rings is 3. The van der Waals surface area contributed by atoms with E-state index < -0.39 is 22.1 Å². The molecule has 0 aromatic heterocycles. The predicted molar refractivity (Wildman–Crippen MR) is 114 cm³/mol. The van der Waals surface area contributed by atoms with Crippen LogP contribution in [0.15, 0.2) is 78.9 Å². The minimum atomic E-state index is -3.60. The van der Waals surface area contributed by atoms with Crippen molar-refractivity contribution in [3.8, 4) is 0 Å². The van der Waals surface area contributed by atoms with Gasteiger partial charge < -0.3 is 5.73 Å². The van der Waals surface area contributed by atoms with Gasteiger partial charge in [0.25, 0.3) is 0 Å². The van der Waals surface area contributed by atoms with Crippen LogP contribution in [0.4, 0.5) is 0 Å². The molecule has 0 aliphatic heterocycles. The van der Waals surface area contributed by atoms with E-state index >= 15 is 0 Å². The summed E-state index contributed by atoms with van der Waals surface area (Å²) < 4.78 is 28.9. The first-order valence-electron chi connectivity index (χ1n) is 9.28. The standard InChI is InChI=1S/C23H26N2O2S/c1-17-10-9-15-21(18(17)2)16-28(26,27)25-23(20-13-7-4-8-14-20)22(24)19-11-5-3-6-12-19/h3-15,22-23,25H,16,24H2,1-2H3. The summed E-state index contributed by atoms with van der Waals surface area (Å²) in [5.74, 6) is -0.0780. The molecular formula is C23H26N2O2S. The molecule has 0 amide bonds. The molecule has 0 bridgehead atoms. The molecular weight excluding hydrogens is 368 g/mol. The van der Waals surface area contributed by atoms with E-state index in [0.29, 0.717) is 0 Å². The molecule has 0 spiro atoms. The monoisotopic (exact) mass is 394 g/mol. The number of hydrogen-bond donors (Lipinski definition) is 2. The van der Waals surface area contributed by atoms with Gasteiger partial charge in [-0.05, 0) is 41.7 Å². The van der Waals surface area contributed by atoms with Gasteiger partial charge in [0, 0.05) is 0 Å². The molecule has 4 nitrogen and oxygen atoms in total. The first-order chi connectivity index (χ1) is 13.4. The SMILES string of the molecule is Cc1cccc(CS(=O)(=O)NC(c2ccccc2)C(N)c2ccccc2)c1C. The summed E-state index contributed by atoms with van der Waals surface area (Å²) in [5, 5.41) is 0. The van der Waals surface area contributed by atoms with Gasteiger partial charge >= 0.3 is 0 Å². The lowest BCUT2D eigenvalue weighted by atomic mass is 9.95. The summed E-state index contributed by atoms with van der Waals surface area (Å²) in [5.41, 5.74) is 11.1. The predicted octanol–water partition coefficient (Wildman–Crippen LogP) is 4.16. The zero-order valence-corrected chi connectivity index (χ0v) is 17.0. The molecule has 0 fully saturated rings. The number of rotatable bonds is 7. The molecule has 5 heteroatoms.